The molecule has 0 bridgehead atoms. The van der Waals surface area contributed by atoms with Crippen molar-refractivity contribution in [3.8, 4) is 0 Å². The van der Waals surface area contributed by atoms with Gasteiger partial charge in [0.05, 0.1) is 30.3 Å². The Morgan fingerprint density at radius 2 is 1.79 bits per heavy atom. The molecule has 0 spiro atoms. The number of esters is 1. The maximum absolute atomic E-state index is 13.1. The monoisotopic (exact) mass is 474 g/mol. The fraction of sp³-hybridized carbons (Fsp3) is 0.417. The summed E-state index contributed by atoms with van der Waals surface area (Å²) in [5.41, 5.74) is 1.65. The number of amides is 1. The molecule has 2 aromatic rings. The second-order valence-corrected chi connectivity index (χ2v) is 10.1. The molecule has 1 N–H and O–H groups in total. The Morgan fingerprint density at radius 3 is 2.45 bits per heavy atom. The molecule has 178 valence electrons. The SMILES string of the molecule is COC(=O)c1ccccc1S(=O)(=O)N1CCC(C(=O)Nc2cccc(COC(C)C)c2)CC1. The van der Waals surface area contributed by atoms with Crippen LogP contribution < -0.4 is 5.32 Å². The number of sulfonamides is 1. The van der Waals surface area contributed by atoms with E-state index in [1.807, 2.05) is 38.1 Å². The van der Waals surface area contributed by atoms with E-state index >= 15 is 0 Å². The van der Waals surface area contributed by atoms with E-state index in [1.54, 1.807) is 12.1 Å². The van der Waals surface area contributed by atoms with Crippen molar-refractivity contribution < 1.29 is 27.5 Å². The number of rotatable bonds is 8. The molecule has 1 amide bonds. The largest absolute Gasteiger partial charge is 0.465 e. The first-order valence-corrected chi connectivity index (χ1v) is 12.3. The number of anilines is 1. The second-order valence-electron chi connectivity index (χ2n) is 8.22. The van der Waals surface area contributed by atoms with E-state index in [1.165, 1.54) is 23.5 Å². The molecule has 0 aromatic heterocycles. The highest BCUT2D eigenvalue weighted by molar-refractivity contribution is 7.89. The minimum absolute atomic E-state index is 0.00111. The first kappa shape index (κ1) is 24.9. The molecule has 0 saturated carbocycles. The minimum atomic E-state index is -3.89. The van der Waals surface area contributed by atoms with Crippen molar-refractivity contribution in [1.29, 1.82) is 0 Å². The predicted molar refractivity (Wildman–Crippen MR) is 124 cm³/mol. The van der Waals surface area contributed by atoms with Gasteiger partial charge < -0.3 is 14.8 Å². The first-order chi connectivity index (χ1) is 15.7. The van der Waals surface area contributed by atoms with E-state index in [9.17, 15) is 18.0 Å². The van der Waals surface area contributed by atoms with E-state index in [2.05, 4.69) is 5.32 Å². The van der Waals surface area contributed by atoms with Crippen LogP contribution in [-0.2, 0) is 30.9 Å². The third-order valence-electron chi connectivity index (χ3n) is 5.51. The minimum Gasteiger partial charge on any atom is -0.465 e. The Morgan fingerprint density at radius 1 is 1.09 bits per heavy atom. The van der Waals surface area contributed by atoms with Gasteiger partial charge in [0.1, 0.15) is 0 Å². The lowest BCUT2D eigenvalue weighted by molar-refractivity contribution is -0.120. The zero-order chi connectivity index (χ0) is 24.0. The number of nitrogens with zero attached hydrogens (tertiary/aromatic N) is 1. The summed E-state index contributed by atoms with van der Waals surface area (Å²) in [5, 5.41) is 2.93. The zero-order valence-electron chi connectivity index (χ0n) is 19.1. The molecule has 1 aliphatic heterocycles. The van der Waals surface area contributed by atoms with Gasteiger partial charge in [0, 0.05) is 24.7 Å². The smallest absolute Gasteiger partial charge is 0.339 e. The molecule has 3 rings (SSSR count). The van der Waals surface area contributed by atoms with Crippen LogP contribution >= 0.6 is 0 Å². The summed E-state index contributed by atoms with van der Waals surface area (Å²) in [6.45, 7) is 4.78. The maximum atomic E-state index is 13.1. The Bertz CT molecular complexity index is 1090. The molecule has 1 heterocycles. The summed E-state index contributed by atoms with van der Waals surface area (Å²) in [7, 11) is -2.68. The Hall–Kier alpha value is -2.75. The van der Waals surface area contributed by atoms with Crippen molar-refractivity contribution >= 4 is 27.6 Å². The van der Waals surface area contributed by atoms with Crippen LogP contribution in [0.3, 0.4) is 0 Å². The number of benzene rings is 2. The van der Waals surface area contributed by atoms with Gasteiger partial charge in [-0.2, -0.15) is 4.31 Å². The molecular formula is C24H30N2O6S. The van der Waals surface area contributed by atoms with Crippen LogP contribution in [0.15, 0.2) is 53.4 Å². The molecule has 9 heteroatoms. The normalized spacial score (nSPS) is 15.4. The molecule has 0 unspecified atom stereocenters. The van der Waals surface area contributed by atoms with E-state index < -0.39 is 16.0 Å². The van der Waals surface area contributed by atoms with Crippen molar-refractivity contribution in [1.82, 2.24) is 4.31 Å². The fourth-order valence-corrected chi connectivity index (χ4v) is 5.36. The second kappa shape index (κ2) is 10.9. The summed E-state index contributed by atoms with van der Waals surface area (Å²) < 4.78 is 37.9. The molecule has 0 atom stereocenters. The van der Waals surface area contributed by atoms with Gasteiger partial charge in [-0.1, -0.05) is 24.3 Å². The summed E-state index contributed by atoms with van der Waals surface area (Å²) in [4.78, 5) is 24.7. The molecule has 33 heavy (non-hydrogen) atoms. The Kier molecular flexibility index (Phi) is 8.23. The number of carbonyl (C=O) groups excluding carboxylic acids is 2. The molecule has 1 aliphatic rings. The van der Waals surface area contributed by atoms with Gasteiger partial charge in [-0.15, -0.1) is 0 Å². The van der Waals surface area contributed by atoms with E-state index in [0.29, 0.717) is 25.1 Å². The van der Waals surface area contributed by atoms with Crippen molar-refractivity contribution in [2.75, 3.05) is 25.5 Å². The zero-order valence-corrected chi connectivity index (χ0v) is 19.9. The van der Waals surface area contributed by atoms with Gasteiger partial charge in [0.2, 0.25) is 15.9 Å². The lowest BCUT2D eigenvalue weighted by Gasteiger charge is -2.31. The number of carbonyl (C=O) groups is 2. The molecule has 0 radical (unpaired) electrons. The number of ether oxygens (including phenoxy) is 2. The average molecular weight is 475 g/mol. The predicted octanol–water partition coefficient (Wildman–Crippen LogP) is 3.44. The van der Waals surface area contributed by atoms with Gasteiger partial charge in [0.25, 0.3) is 0 Å². The molecule has 0 aliphatic carbocycles. The van der Waals surface area contributed by atoms with E-state index in [0.717, 1.165) is 5.56 Å². The summed E-state index contributed by atoms with van der Waals surface area (Å²) >= 11 is 0. The van der Waals surface area contributed by atoms with Crippen LogP contribution in [-0.4, -0.2) is 50.9 Å². The van der Waals surface area contributed by atoms with Crippen molar-refractivity contribution in [2.45, 2.75) is 44.3 Å². The highest BCUT2D eigenvalue weighted by Crippen LogP contribution is 2.27. The van der Waals surface area contributed by atoms with Gasteiger partial charge in [-0.25, -0.2) is 13.2 Å². The highest BCUT2D eigenvalue weighted by Gasteiger charge is 2.34. The highest BCUT2D eigenvalue weighted by atomic mass is 32.2. The quantitative estimate of drug-likeness (QED) is 0.588. The summed E-state index contributed by atoms with van der Waals surface area (Å²) in [5.74, 6) is -1.14. The molecule has 1 saturated heterocycles. The third kappa shape index (κ3) is 6.19. The van der Waals surface area contributed by atoms with Crippen molar-refractivity contribution in [2.24, 2.45) is 5.92 Å². The third-order valence-corrected chi connectivity index (χ3v) is 7.47. The van der Waals surface area contributed by atoms with Gasteiger partial charge in [-0.05, 0) is 56.5 Å². The summed E-state index contributed by atoms with van der Waals surface area (Å²) in [6.07, 6.45) is 0.896. The van der Waals surface area contributed by atoms with Crippen LogP contribution in [0.2, 0.25) is 0 Å². The Balaban J connectivity index is 1.63. The topological polar surface area (TPSA) is 102 Å². The standard InChI is InChI=1S/C24H30N2O6S/c1-17(2)32-16-18-7-6-8-20(15-18)25-23(27)19-11-13-26(14-12-19)33(29,30)22-10-5-4-9-21(22)24(28)31-3/h4-10,15,17,19H,11-14,16H2,1-3H3,(H,25,27). The number of hydrogen-bond donors (Lipinski definition) is 1. The van der Waals surface area contributed by atoms with Gasteiger partial charge in [0.15, 0.2) is 0 Å². The van der Waals surface area contributed by atoms with E-state index in [-0.39, 0.29) is 41.5 Å². The van der Waals surface area contributed by atoms with Crippen LogP contribution in [0.5, 0.6) is 0 Å². The number of hydrogen-bond acceptors (Lipinski definition) is 6. The number of methoxy groups -OCH3 is 1. The first-order valence-electron chi connectivity index (χ1n) is 10.9. The lowest BCUT2D eigenvalue weighted by Crippen LogP contribution is -2.41. The lowest BCUT2D eigenvalue weighted by atomic mass is 9.97. The van der Waals surface area contributed by atoms with Crippen LogP contribution in [0.25, 0.3) is 0 Å². The van der Waals surface area contributed by atoms with Gasteiger partial charge in [-0.3, -0.25) is 4.79 Å². The fourth-order valence-electron chi connectivity index (χ4n) is 3.71. The maximum Gasteiger partial charge on any atom is 0.339 e. The number of nitrogens with one attached hydrogen (secondary N) is 1. The number of piperidine rings is 1. The van der Waals surface area contributed by atoms with Crippen LogP contribution in [0, 0.1) is 5.92 Å². The van der Waals surface area contributed by atoms with Crippen molar-refractivity contribution in [3.63, 3.8) is 0 Å². The average Bonchev–Trinajstić information content (AvgIpc) is 2.82. The van der Waals surface area contributed by atoms with Crippen LogP contribution in [0.1, 0.15) is 42.6 Å². The van der Waals surface area contributed by atoms with Crippen LogP contribution in [0.4, 0.5) is 5.69 Å². The molecular weight excluding hydrogens is 444 g/mol. The van der Waals surface area contributed by atoms with Crippen molar-refractivity contribution in [3.05, 3.63) is 59.7 Å². The molecule has 8 nitrogen and oxygen atoms in total. The molecule has 2 aromatic carbocycles. The van der Waals surface area contributed by atoms with Gasteiger partial charge >= 0.3 is 5.97 Å². The Labute approximate surface area is 194 Å². The molecule has 1 fully saturated rings. The van der Waals surface area contributed by atoms with E-state index in [4.69, 9.17) is 9.47 Å². The summed E-state index contributed by atoms with van der Waals surface area (Å²) in [6, 6.07) is 13.5.